The Balaban J connectivity index is 2.14. The summed E-state index contributed by atoms with van der Waals surface area (Å²) in [7, 11) is 0. The van der Waals surface area contributed by atoms with Crippen molar-refractivity contribution in [1.82, 2.24) is 14.8 Å². The van der Waals surface area contributed by atoms with Crippen LogP contribution < -0.4 is 5.32 Å². The van der Waals surface area contributed by atoms with Crippen molar-refractivity contribution in [2.75, 3.05) is 5.32 Å². The smallest absolute Gasteiger partial charge is 0.152 e. The second-order valence-electron chi connectivity index (χ2n) is 3.09. The van der Waals surface area contributed by atoms with Gasteiger partial charge in [0.05, 0.1) is 17.7 Å². The van der Waals surface area contributed by atoms with Crippen molar-refractivity contribution in [1.29, 1.82) is 0 Å². The van der Waals surface area contributed by atoms with Gasteiger partial charge in [-0.3, -0.25) is 9.67 Å². The van der Waals surface area contributed by atoms with Gasteiger partial charge in [-0.1, -0.05) is 12.2 Å². The van der Waals surface area contributed by atoms with Crippen LogP contribution in [0.2, 0.25) is 0 Å². The van der Waals surface area contributed by atoms with Crippen LogP contribution in [-0.4, -0.2) is 20.3 Å². The van der Waals surface area contributed by atoms with Crippen LogP contribution in [0.25, 0.3) is 0 Å². The standard InChI is InChI=1S/C10H9FN4S/c11-8-2-1-4-12-9(8)6-15-5-3-10(14-15)13-7-16/h1-5,7H,6H2,(H,13,14,16). The number of rotatable bonds is 4. The van der Waals surface area contributed by atoms with E-state index in [4.69, 9.17) is 0 Å². The minimum absolute atomic E-state index is 0.297. The third-order valence-corrected chi connectivity index (χ3v) is 2.11. The molecule has 0 aliphatic rings. The fraction of sp³-hybridized carbons (Fsp3) is 0.100. The Labute approximate surface area is 97.1 Å². The maximum absolute atomic E-state index is 13.3. The first-order valence-corrected chi connectivity index (χ1v) is 5.10. The first-order chi connectivity index (χ1) is 7.79. The second kappa shape index (κ2) is 4.80. The van der Waals surface area contributed by atoms with Crippen LogP contribution in [0.4, 0.5) is 10.2 Å². The van der Waals surface area contributed by atoms with Crippen LogP contribution in [0.15, 0.2) is 30.6 Å². The Kier molecular flexibility index (Phi) is 3.21. The lowest BCUT2D eigenvalue weighted by Gasteiger charge is -2.01. The highest BCUT2D eigenvalue weighted by Crippen LogP contribution is 2.07. The number of anilines is 1. The lowest BCUT2D eigenvalue weighted by Crippen LogP contribution is -2.05. The predicted molar refractivity (Wildman–Crippen MR) is 62.8 cm³/mol. The molecule has 0 fully saturated rings. The Bertz CT molecular complexity index is 497. The van der Waals surface area contributed by atoms with Crippen LogP contribution >= 0.6 is 12.2 Å². The number of nitrogens with zero attached hydrogens (tertiary/aromatic N) is 3. The van der Waals surface area contributed by atoms with Crippen molar-refractivity contribution in [2.45, 2.75) is 6.54 Å². The Hall–Kier alpha value is -1.82. The van der Waals surface area contributed by atoms with Gasteiger partial charge in [0.1, 0.15) is 5.82 Å². The van der Waals surface area contributed by atoms with Gasteiger partial charge in [-0.15, -0.1) is 0 Å². The van der Waals surface area contributed by atoms with E-state index in [0.29, 0.717) is 18.1 Å². The van der Waals surface area contributed by atoms with Gasteiger partial charge in [0.15, 0.2) is 5.82 Å². The molecule has 4 nitrogen and oxygen atoms in total. The molecule has 0 bridgehead atoms. The fourth-order valence-electron chi connectivity index (χ4n) is 1.28. The van der Waals surface area contributed by atoms with Gasteiger partial charge < -0.3 is 5.32 Å². The fourth-order valence-corrected chi connectivity index (χ4v) is 1.40. The number of pyridine rings is 1. The summed E-state index contributed by atoms with van der Waals surface area (Å²) in [4.78, 5) is 3.94. The van der Waals surface area contributed by atoms with E-state index < -0.39 is 0 Å². The SMILES string of the molecule is Fc1cccnc1Cn1ccc(NC=S)n1. The first-order valence-electron chi connectivity index (χ1n) is 4.62. The zero-order valence-corrected chi connectivity index (χ0v) is 9.12. The molecule has 0 aliphatic heterocycles. The molecular formula is C10H9FN4S. The molecule has 0 saturated carbocycles. The lowest BCUT2D eigenvalue weighted by atomic mass is 10.3. The van der Waals surface area contributed by atoms with Crippen molar-refractivity contribution >= 4 is 23.5 Å². The van der Waals surface area contributed by atoms with Gasteiger partial charge in [-0.25, -0.2) is 4.39 Å². The Morgan fingerprint density at radius 1 is 1.50 bits per heavy atom. The first kappa shape index (κ1) is 10.7. The van der Waals surface area contributed by atoms with E-state index in [2.05, 4.69) is 27.6 Å². The highest BCUT2D eigenvalue weighted by molar-refractivity contribution is 7.79. The van der Waals surface area contributed by atoms with Crippen LogP contribution in [0.1, 0.15) is 5.69 Å². The molecule has 6 heteroatoms. The molecular weight excluding hydrogens is 227 g/mol. The van der Waals surface area contributed by atoms with E-state index in [9.17, 15) is 4.39 Å². The average Bonchev–Trinajstić information content (AvgIpc) is 2.70. The number of hydrogen-bond donors (Lipinski definition) is 1. The van der Waals surface area contributed by atoms with E-state index in [1.54, 1.807) is 29.2 Å². The molecule has 0 amide bonds. The van der Waals surface area contributed by atoms with Crippen molar-refractivity contribution < 1.29 is 4.39 Å². The van der Waals surface area contributed by atoms with Gasteiger partial charge in [-0.05, 0) is 12.1 Å². The topological polar surface area (TPSA) is 42.7 Å². The number of hydrogen-bond acceptors (Lipinski definition) is 3. The number of halogens is 1. The summed E-state index contributed by atoms with van der Waals surface area (Å²) < 4.78 is 14.9. The highest BCUT2D eigenvalue weighted by Gasteiger charge is 2.04. The zero-order chi connectivity index (χ0) is 11.4. The molecule has 2 heterocycles. The minimum Gasteiger partial charge on any atom is -0.336 e. The summed E-state index contributed by atoms with van der Waals surface area (Å²) in [5, 5.41) is 6.91. The maximum Gasteiger partial charge on any atom is 0.152 e. The van der Waals surface area contributed by atoms with Gasteiger partial charge in [0.25, 0.3) is 0 Å². The molecule has 0 radical (unpaired) electrons. The Morgan fingerprint density at radius 3 is 3.12 bits per heavy atom. The maximum atomic E-state index is 13.3. The van der Waals surface area contributed by atoms with Crippen LogP contribution in [0, 0.1) is 5.82 Å². The summed E-state index contributed by atoms with van der Waals surface area (Å²) in [6, 6.07) is 4.69. The van der Waals surface area contributed by atoms with E-state index in [1.807, 2.05) is 0 Å². The minimum atomic E-state index is -0.331. The van der Waals surface area contributed by atoms with Crippen molar-refractivity contribution in [3.63, 3.8) is 0 Å². The molecule has 0 atom stereocenters. The molecule has 0 aliphatic carbocycles. The quantitative estimate of drug-likeness (QED) is 0.822. The molecule has 2 aromatic heterocycles. The van der Waals surface area contributed by atoms with Crippen molar-refractivity contribution in [3.05, 3.63) is 42.1 Å². The lowest BCUT2D eigenvalue weighted by molar-refractivity contribution is 0.571. The zero-order valence-electron chi connectivity index (χ0n) is 8.30. The third-order valence-electron chi connectivity index (χ3n) is 1.99. The second-order valence-corrected chi connectivity index (χ2v) is 3.33. The third kappa shape index (κ3) is 2.40. The molecule has 82 valence electrons. The number of aromatic nitrogens is 3. The largest absolute Gasteiger partial charge is 0.336 e. The van der Waals surface area contributed by atoms with Crippen LogP contribution in [0.3, 0.4) is 0 Å². The molecule has 0 spiro atoms. The van der Waals surface area contributed by atoms with E-state index in [1.165, 1.54) is 11.6 Å². The van der Waals surface area contributed by atoms with Crippen molar-refractivity contribution in [3.8, 4) is 0 Å². The molecule has 0 aromatic carbocycles. The molecule has 2 aromatic rings. The van der Waals surface area contributed by atoms with Gasteiger partial charge in [-0.2, -0.15) is 5.10 Å². The van der Waals surface area contributed by atoms with Crippen LogP contribution in [0.5, 0.6) is 0 Å². The van der Waals surface area contributed by atoms with E-state index >= 15 is 0 Å². The average molecular weight is 236 g/mol. The van der Waals surface area contributed by atoms with Gasteiger partial charge in [0, 0.05) is 18.5 Å². The molecule has 0 unspecified atom stereocenters. The number of thiocarbonyl (C=S) groups is 1. The monoisotopic (exact) mass is 236 g/mol. The molecule has 1 N–H and O–H groups in total. The Morgan fingerprint density at radius 2 is 2.38 bits per heavy atom. The van der Waals surface area contributed by atoms with Crippen LogP contribution in [-0.2, 0) is 6.54 Å². The summed E-state index contributed by atoms with van der Waals surface area (Å²) >= 11 is 4.64. The van der Waals surface area contributed by atoms with E-state index in [0.717, 1.165) is 0 Å². The predicted octanol–water partition coefficient (Wildman–Crippen LogP) is 1.83. The summed E-state index contributed by atoms with van der Waals surface area (Å²) in [5.41, 5.74) is 1.73. The van der Waals surface area contributed by atoms with Crippen molar-refractivity contribution in [2.24, 2.45) is 0 Å². The van der Waals surface area contributed by atoms with Gasteiger partial charge >= 0.3 is 0 Å². The van der Waals surface area contributed by atoms with E-state index in [-0.39, 0.29) is 5.82 Å². The summed E-state index contributed by atoms with van der Waals surface area (Å²) in [6.45, 7) is 0.297. The summed E-state index contributed by atoms with van der Waals surface area (Å²) in [5.74, 6) is 0.300. The highest BCUT2D eigenvalue weighted by atomic mass is 32.1. The number of nitrogens with one attached hydrogen (secondary N) is 1. The molecule has 0 saturated heterocycles. The normalized spacial score (nSPS) is 10.1. The molecule has 16 heavy (non-hydrogen) atoms. The summed E-state index contributed by atoms with van der Waals surface area (Å²) in [6.07, 6.45) is 3.29. The van der Waals surface area contributed by atoms with Gasteiger partial charge in [0.2, 0.25) is 0 Å². The molecule has 2 rings (SSSR count).